The average Bonchev–Trinajstić information content (AvgIpc) is 3.50. The number of fused-ring (bicyclic) bond motifs is 1. The van der Waals surface area contributed by atoms with Gasteiger partial charge in [0.1, 0.15) is 5.60 Å². The van der Waals surface area contributed by atoms with E-state index in [1.165, 1.54) is 5.56 Å². The third kappa shape index (κ3) is 6.62. The van der Waals surface area contributed by atoms with Crippen molar-refractivity contribution in [3.8, 4) is 0 Å². The molecule has 0 aromatic heterocycles. The second-order valence-electron chi connectivity index (χ2n) is 9.56. The Bertz CT molecular complexity index is 1020. The number of nitrogens with zero attached hydrogens (tertiary/aromatic N) is 2. The van der Waals surface area contributed by atoms with Crippen molar-refractivity contribution in [2.75, 3.05) is 11.4 Å². The van der Waals surface area contributed by atoms with Gasteiger partial charge in [0.25, 0.3) is 0 Å². The first-order valence-corrected chi connectivity index (χ1v) is 12.8. The van der Waals surface area contributed by atoms with Crippen molar-refractivity contribution in [1.29, 1.82) is 0 Å². The molecule has 1 atom stereocenters. The topological polar surface area (TPSA) is 83.0 Å². The Labute approximate surface area is 207 Å². The number of carbonyl (C=O) groups excluding carboxylic acids is 2. The monoisotopic (exact) mass is 476 g/mol. The van der Waals surface area contributed by atoms with Gasteiger partial charge in [0.2, 0.25) is 0 Å². The van der Waals surface area contributed by atoms with Gasteiger partial charge in [0.15, 0.2) is 0 Å². The van der Waals surface area contributed by atoms with Gasteiger partial charge in [-0.25, -0.2) is 15.0 Å². The molecular formula is C28H36N4O3. The van der Waals surface area contributed by atoms with Crippen LogP contribution in [-0.2, 0) is 17.6 Å². The molecule has 0 radical (unpaired) electrons. The number of alkyl carbamates (subject to hydrolysis) is 1. The Hall–Kier alpha value is -3.35. The number of nitrogens with one attached hydrogen (secondary N) is 2. The molecule has 3 amide bonds. The molecule has 0 unspecified atom stereocenters. The Morgan fingerprint density at radius 3 is 2.63 bits per heavy atom. The van der Waals surface area contributed by atoms with Crippen LogP contribution in [0.5, 0.6) is 0 Å². The lowest BCUT2D eigenvalue weighted by molar-refractivity contribution is 0.0154. The number of carbonyl (C=O) groups is 2. The second kappa shape index (κ2) is 11.9. The van der Waals surface area contributed by atoms with Crippen LogP contribution in [0.4, 0.5) is 15.3 Å². The summed E-state index contributed by atoms with van der Waals surface area (Å²) in [6.45, 7) is 2.74. The molecule has 0 spiro atoms. The SMILES string of the molecule is CCCC[C@@H](/C=N/NC(=O)N1CCc2ccccc21)NC(=O)OC1(Cc2ccccc2)CCCC1. The molecule has 1 aliphatic carbocycles. The molecule has 2 aromatic carbocycles. The van der Waals surface area contributed by atoms with E-state index in [0.29, 0.717) is 6.54 Å². The number of hydrogen-bond acceptors (Lipinski definition) is 4. The Morgan fingerprint density at radius 1 is 1.11 bits per heavy atom. The minimum Gasteiger partial charge on any atom is -0.443 e. The number of hydrogen-bond donors (Lipinski definition) is 2. The zero-order valence-corrected chi connectivity index (χ0v) is 20.5. The van der Waals surface area contributed by atoms with Gasteiger partial charge < -0.3 is 10.1 Å². The van der Waals surface area contributed by atoms with Crippen LogP contribution in [0.3, 0.4) is 0 Å². The van der Waals surface area contributed by atoms with E-state index in [9.17, 15) is 9.59 Å². The fourth-order valence-corrected chi connectivity index (χ4v) is 5.08. The zero-order valence-electron chi connectivity index (χ0n) is 20.5. The molecule has 186 valence electrons. The van der Waals surface area contributed by atoms with Gasteiger partial charge in [-0.05, 0) is 55.7 Å². The molecule has 2 aromatic rings. The summed E-state index contributed by atoms with van der Waals surface area (Å²) >= 11 is 0. The summed E-state index contributed by atoms with van der Waals surface area (Å²) in [6, 6.07) is 17.5. The van der Waals surface area contributed by atoms with E-state index in [0.717, 1.165) is 69.0 Å². The normalized spacial score (nSPS) is 17.2. The Morgan fingerprint density at radius 2 is 1.86 bits per heavy atom. The quantitative estimate of drug-likeness (QED) is 0.366. The third-order valence-electron chi connectivity index (χ3n) is 6.91. The highest BCUT2D eigenvalue weighted by Crippen LogP contribution is 2.36. The molecule has 35 heavy (non-hydrogen) atoms. The van der Waals surface area contributed by atoms with Crippen LogP contribution in [0, 0.1) is 0 Å². The number of ether oxygens (including phenoxy) is 1. The number of unbranched alkanes of at least 4 members (excludes halogenated alkanes) is 1. The summed E-state index contributed by atoms with van der Waals surface area (Å²) in [5.74, 6) is 0. The van der Waals surface area contributed by atoms with Crippen LogP contribution in [0.25, 0.3) is 0 Å². The van der Waals surface area contributed by atoms with Gasteiger partial charge in [-0.15, -0.1) is 0 Å². The average molecular weight is 477 g/mol. The zero-order chi connectivity index (χ0) is 24.5. The van der Waals surface area contributed by atoms with E-state index in [1.54, 1.807) is 11.1 Å². The Balaban J connectivity index is 1.34. The minimum atomic E-state index is -0.463. The molecule has 7 nitrogen and oxygen atoms in total. The van der Waals surface area contributed by atoms with Crippen LogP contribution in [0.2, 0.25) is 0 Å². The predicted octanol–water partition coefficient (Wildman–Crippen LogP) is 5.59. The van der Waals surface area contributed by atoms with Gasteiger partial charge in [0, 0.05) is 24.9 Å². The molecule has 1 aliphatic heterocycles. The highest BCUT2D eigenvalue weighted by Gasteiger charge is 2.38. The largest absolute Gasteiger partial charge is 0.443 e. The number of amides is 3. The number of anilines is 1. The lowest BCUT2D eigenvalue weighted by Gasteiger charge is -2.30. The first-order valence-electron chi connectivity index (χ1n) is 12.8. The van der Waals surface area contributed by atoms with E-state index in [1.807, 2.05) is 42.5 Å². The number of rotatable bonds is 9. The first-order chi connectivity index (χ1) is 17.1. The summed E-state index contributed by atoms with van der Waals surface area (Å²) in [6.07, 6.45) is 9.27. The van der Waals surface area contributed by atoms with Gasteiger partial charge in [-0.3, -0.25) is 4.90 Å². The maximum atomic E-state index is 12.9. The molecule has 1 fully saturated rings. The third-order valence-corrected chi connectivity index (χ3v) is 6.91. The fourth-order valence-electron chi connectivity index (χ4n) is 5.08. The number of urea groups is 1. The smallest absolute Gasteiger partial charge is 0.408 e. The molecular weight excluding hydrogens is 440 g/mol. The maximum Gasteiger partial charge on any atom is 0.408 e. The molecule has 1 heterocycles. The fraction of sp³-hybridized carbons (Fsp3) is 0.464. The summed E-state index contributed by atoms with van der Waals surface area (Å²) in [5, 5.41) is 7.15. The first kappa shape index (κ1) is 24.8. The number of benzene rings is 2. The van der Waals surface area contributed by atoms with Crippen molar-refractivity contribution in [3.05, 3.63) is 65.7 Å². The van der Waals surface area contributed by atoms with Crippen LogP contribution in [-0.4, -0.2) is 36.5 Å². The van der Waals surface area contributed by atoms with E-state index in [4.69, 9.17) is 4.74 Å². The number of para-hydroxylation sites is 1. The summed E-state index contributed by atoms with van der Waals surface area (Å²) in [7, 11) is 0. The van der Waals surface area contributed by atoms with E-state index in [2.05, 4.69) is 34.9 Å². The van der Waals surface area contributed by atoms with Gasteiger partial charge in [-0.1, -0.05) is 68.3 Å². The molecule has 2 aliphatic rings. The number of hydrazone groups is 1. The van der Waals surface area contributed by atoms with Gasteiger partial charge in [-0.2, -0.15) is 5.10 Å². The molecule has 7 heteroatoms. The van der Waals surface area contributed by atoms with E-state index in [-0.39, 0.29) is 12.1 Å². The molecule has 0 bridgehead atoms. The minimum absolute atomic E-state index is 0.268. The highest BCUT2D eigenvalue weighted by molar-refractivity contribution is 5.94. The predicted molar refractivity (Wildman–Crippen MR) is 139 cm³/mol. The van der Waals surface area contributed by atoms with Crippen molar-refractivity contribution in [2.24, 2.45) is 5.10 Å². The lowest BCUT2D eigenvalue weighted by atomic mass is 9.93. The molecule has 2 N–H and O–H groups in total. The van der Waals surface area contributed by atoms with Crippen LogP contribution >= 0.6 is 0 Å². The summed E-state index contributed by atoms with van der Waals surface area (Å²) < 4.78 is 6.05. The molecule has 1 saturated carbocycles. The van der Waals surface area contributed by atoms with Crippen molar-refractivity contribution in [2.45, 2.75) is 76.4 Å². The highest BCUT2D eigenvalue weighted by atomic mass is 16.6. The van der Waals surface area contributed by atoms with Gasteiger partial charge >= 0.3 is 12.1 Å². The standard InChI is InChI=1S/C28H36N4O3/c1-2-3-14-24(21-29-31-26(33)32-19-16-23-13-7-8-15-25(23)32)30-27(34)35-28(17-9-10-18-28)20-22-11-5-4-6-12-22/h4-8,11-13,15,21,24H,2-3,9-10,14,16-20H2,1H3,(H,30,34)(H,31,33)/b29-21+/t24-/m0/s1. The van der Waals surface area contributed by atoms with Crippen molar-refractivity contribution in [3.63, 3.8) is 0 Å². The molecule has 0 saturated heterocycles. The summed E-state index contributed by atoms with van der Waals surface area (Å²) in [4.78, 5) is 27.3. The Kier molecular flexibility index (Phi) is 8.40. The van der Waals surface area contributed by atoms with E-state index < -0.39 is 11.7 Å². The summed E-state index contributed by atoms with van der Waals surface area (Å²) in [5.41, 5.74) is 5.42. The maximum absolute atomic E-state index is 12.9. The van der Waals surface area contributed by atoms with Crippen molar-refractivity contribution >= 4 is 24.0 Å². The second-order valence-corrected chi connectivity index (χ2v) is 9.56. The van der Waals surface area contributed by atoms with Crippen LogP contribution in [0.1, 0.15) is 63.0 Å². The van der Waals surface area contributed by atoms with E-state index >= 15 is 0 Å². The van der Waals surface area contributed by atoms with Gasteiger partial charge in [0.05, 0.1) is 6.04 Å². The lowest BCUT2D eigenvalue weighted by Crippen LogP contribution is -2.43. The molecule has 4 rings (SSSR count). The van der Waals surface area contributed by atoms with Crippen LogP contribution in [0.15, 0.2) is 59.7 Å². The van der Waals surface area contributed by atoms with Crippen molar-refractivity contribution in [1.82, 2.24) is 10.7 Å². The van der Waals surface area contributed by atoms with Crippen LogP contribution < -0.4 is 15.6 Å². The van der Waals surface area contributed by atoms with Crippen molar-refractivity contribution < 1.29 is 14.3 Å².